The number of nitrogens with one attached hydrogen (secondary N) is 1. The molecule has 0 heterocycles. The summed E-state index contributed by atoms with van der Waals surface area (Å²) in [6.45, 7) is -0.173. The van der Waals surface area contributed by atoms with Crippen LogP contribution < -0.4 is 5.32 Å². The van der Waals surface area contributed by atoms with Crippen molar-refractivity contribution in [1.29, 1.82) is 0 Å². The van der Waals surface area contributed by atoms with Crippen molar-refractivity contribution in [2.24, 2.45) is 0 Å². The highest BCUT2D eigenvalue weighted by Gasteiger charge is 2.22. The topological polar surface area (TPSA) is 130 Å². The highest BCUT2D eigenvalue weighted by atomic mass is 16.6. The predicted molar refractivity (Wildman–Crippen MR) is 106 cm³/mol. The maximum absolute atomic E-state index is 12.8. The van der Waals surface area contributed by atoms with Gasteiger partial charge in [0.1, 0.15) is 5.69 Å². The molecule has 0 radical (unpaired) electrons. The molecule has 0 fully saturated rings. The van der Waals surface area contributed by atoms with Crippen molar-refractivity contribution in [3.63, 3.8) is 0 Å². The summed E-state index contributed by atoms with van der Waals surface area (Å²) in [6, 6.07) is 16.3. The molecule has 3 N–H and O–H groups in total. The molecule has 0 aliphatic rings. The van der Waals surface area contributed by atoms with E-state index in [1.165, 1.54) is 36.4 Å². The summed E-state index contributed by atoms with van der Waals surface area (Å²) in [7, 11) is 0. The predicted octanol–water partition coefficient (Wildman–Crippen LogP) is 3.76. The summed E-state index contributed by atoms with van der Waals surface area (Å²) in [4.78, 5) is 35.0. The SMILES string of the molecule is O=C(O)c1ccccc1C(=O)c1ccc(Nc2cccc(CO)c2)c([N+](=O)[O-])c1. The van der Waals surface area contributed by atoms with E-state index < -0.39 is 16.7 Å². The van der Waals surface area contributed by atoms with Crippen LogP contribution >= 0.6 is 0 Å². The quantitative estimate of drug-likeness (QED) is 0.317. The lowest BCUT2D eigenvalue weighted by Crippen LogP contribution is -2.10. The molecule has 29 heavy (non-hydrogen) atoms. The average Bonchev–Trinajstić information content (AvgIpc) is 2.73. The molecular formula is C21H16N2O6. The Balaban J connectivity index is 1.99. The lowest BCUT2D eigenvalue weighted by Gasteiger charge is -2.10. The Labute approximate surface area is 165 Å². The molecule has 0 aliphatic heterocycles. The van der Waals surface area contributed by atoms with Crippen molar-refractivity contribution in [3.05, 3.63) is 99.1 Å². The number of carboxylic acids is 1. The van der Waals surface area contributed by atoms with E-state index in [2.05, 4.69) is 5.32 Å². The van der Waals surface area contributed by atoms with Gasteiger partial charge in [-0.1, -0.05) is 30.3 Å². The Kier molecular flexibility index (Phi) is 5.66. The molecule has 8 nitrogen and oxygen atoms in total. The highest BCUT2D eigenvalue weighted by Crippen LogP contribution is 2.30. The van der Waals surface area contributed by atoms with Crippen molar-refractivity contribution in [2.45, 2.75) is 6.61 Å². The third-order valence-electron chi connectivity index (χ3n) is 4.25. The van der Waals surface area contributed by atoms with E-state index in [-0.39, 0.29) is 34.7 Å². The fraction of sp³-hybridized carbons (Fsp3) is 0.0476. The number of carbonyl (C=O) groups is 2. The van der Waals surface area contributed by atoms with E-state index in [0.717, 1.165) is 6.07 Å². The number of nitro benzene ring substituents is 1. The Morgan fingerprint density at radius 1 is 0.966 bits per heavy atom. The average molecular weight is 392 g/mol. The molecule has 0 saturated heterocycles. The summed E-state index contributed by atoms with van der Waals surface area (Å²) in [6.07, 6.45) is 0. The number of hydrogen-bond donors (Lipinski definition) is 3. The molecule has 0 spiro atoms. The van der Waals surface area contributed by atoms with Gasteiger partial charge in [-0.2, -0.15) is 0 Å². The zero-order valence-electron chi connectivity index (χ0n) is 15.0. The van der Waals surface area contributed by atoms with Crippen molar-refractivity contribution in [3.8, 4) is 0 Å². The number of carbonyl (C=O) groups excluding carboxylic acids is 1. The van der Waals surface area contributed by atoms with E-state index in [4.69, 9.17) is 0 Å². The number of nitro groups is 1. The van der Waals surface area contributed by atoms with Crippen LogP contribution in [0.15, 0.2) is 66.7 Å². The minimum Gasteiger partial charge on any atom is -0.478 e. The van der Waals surface area contributed by atoms with Crippen LogP contribution in [0.5, 0.6) is 0 Å². The fourth-order valence-electron chi connectivity index (χ4n) is 2.86. The first-order valence-electron chi connectivity index (χ1n) is 8.53. The van der Waals surface area contributed by atoms with Crippen molar-refractivity contribution < 1.29 is 24.7 Å². The lowest BCUT2D eigenvalue weighted by atomic mass is 9.97. The Hall–Kier alpha value is -4.04. The van der Waals surface area contributed by atoms with Gasteiger partial charge in [-0.15, -0.1) is 0 Å². The third kappa shape index (κ3) is 4.28. The maximum atomic E-state index is 12.8. The van der Waals surface area contributed by atoms with Crippen LogP contribution in [-0.2, 0) is 6.61 Å². The number of carboxylic acid groups (broad SMARTS) is 1. The monoisotopic (exact) mass is 392 g/mol. The molecule has 3 rings (SSSR count). The minimum atomic E-state index is -1.26. The number of aliphatic hydroxyl groups excluding tert-OH is 1. The minimum absolute atomic E-state index is 0.0000545. The molecule has 0 aliphatic carbocycles. The van der Waals surface area contributed by atoms with Gasteiger partial charge in [-0.3, -0.25) is 14.9 Å². The first-order chi connectivity index (χ1) is 13.9. The molecule has 0 amide bonds. The van der Waals surface area contributed by atoms with Crippen LogP contribution in [0.1, 0.15) is 31.8 Å². The van der Waals surface area contributed by atoms with E-state index >= 15 is 0 Å². The molecule has 0 bridgehead atoms. The van der Waals surface area contributed by atoms with Gasteiger partial charge < -0.3 is 15.5 Å². The summed E-state index contributed by atoms with van der Waals surface area (Å²) in [5.74, 6) is -1.88. The number of nitrogens with zero attached hydrogens (tertiary/aromatic N) is 1. The summed E-state index contributed by atoms with van der Waals surface area (Å²) in [5.41, 5.74) is 0.768. The molecule has 146 valence electrons. The van der Waals surface area contributed by atoms with Crippen LogP contribution in [0.2, 0.25) is 0 Å². The zero-order valence-corrected chi connectivity index (χ0v) is 15.0. The lowest BCUT2D eigenvalue weighted by molar-refractivity contribution is -0.383. The first kappa shape index (κ1) is 19.7. The van der Waals surface area contributed by atoms with E-state index in [1.807, 2.05) is 0 Å². The van der Waals surface area contributed by atoms with E-state index in [0.29, 0.717) is 11.3 Å². The molecule has 3 aromatic carbocycles. The molecule has 0 atom stereocenters. The Bertz CT molecular complexity index is 1110. The summed E-state index contributed by atoms with van der Waals surface area (Å²) in [5, 5.41) is 32.9. The number of rotatable bonds is 7. The number of ketones is 1. The molecule has 0 saturated carbocycles. The van der Waals surface area contributed by atoms with Gasteiger partial charge >= 0.3 is 5.97 Å². The number of benzene rings is 3. The second kappa shape index (κ2) is 8.32. The zero-order chi connectivity index (χ0) is 21.0. The van der Waals surface area contributed by atoms with Gasteiger partial charge in [-0.25, -0.2) is 4.79 Å². The third-order valence-corrected chi connectivity index (χ3v) is 4.25. The summed E-state index contributed by atoms with van der Waals surface area (Å²) >= 11 is 0. The second-order valence-electron chi connectivity index (χ2n) is 6.15. The van der Waals surface area contributed by atoms with Crippen LogP contribution in [0.25, 0.3) is 0 Å². The standard InChI is InChI=1S/C21H16N2O6/c24-12-13-4-3-5-15(10-13)22-18-9-8-14(11-19(18)23(28)29)20(25)16-6-1-2-7-17(16)21(26)27/h1-11,22,24H,12H2,(H,26,27). The van der Waals surface area contributed by atoms with Gasteiger partial charge in [0.25, 0.3) is 5.69 Å². The Morgan fingerprint density at radius 2 is 1.69 bits per heavy atom. The van der Waals surface area contributed by atoms with E-state index in [9.17, 15) is 29.9 Å². The largest absolute Gasteiger partial charge is 0.478 e. The van der Waals surface area contributed by atoms with Crippen LogP contribution in [0, 0.1) is 10.1 Å². The Morgan fingerprint density at radius 3 is 2.34 bits per heavy atom. The summed E-state index contributed by atoms with van der Waals surface area (Å²) < 4.78 is 0. The van der Waals surface area contributed by atoms with Crippen molar-refractivity contribution in [1.82, 2.24) is 0 Å². The van der Waals surface area contributed by atoms with Crippen LogP contribution in [-0.4, -0.2) is 26.9 Å². The molecule has 0 unspecified atom stereocenters. The molecular weight excluding hydrogens is 376 g/mol. The van der Waals surface area contributed by atoms with Crippen molar-refractivity contribution >= 4 is 28.8 Å². The molecule has 3 aromatic rings. The number of hydrogen-bond acceptors (Lipinski definition) is 6. The van der Waals surface area contributed by atoms with Gasteiger partial charge in [0, 0.05) is 22.9 Å². The second-order valence-corrected chi connectivity index (χ2v) is 6.15. The highest BCUT2D eigenvalue weighted by molar-refractivity contribution is 6.14. The van der Waals surface area contributed by atoms with Gasteiger partial charge in [0.2, 0.25) is 0 Å². The van der Waals surface area contributed by atoms with Crippen LogP contribution in [0.3, 0.4) is 0 Å². The first-order valence-corrected chi connectivity index (χ1v) is 8.53. The smallest absolute Gasteiger partial charge is 0.336 e. The molecule has 8 heteroatoms. The fourth-order valence-corrected chi connectivity index (χ4v) is 2.86. The van der Waals surface area contributed by atoms with Crippen molar-refractivity contribution in [2.75, 3.05) is 5.32 Å². The van der Waals surface area contributed by atoms with Gasteiger partial charge in [0.15, 0.2) is 5.78 Å². The number of aliphatic hydroxyl groups is 1. The number of aromatic carboxylic acids is 1. The maximum Gasteiger partial charge on any atom is 0.336 e. The number of anilines is 2. The van der Waals surface area contributed by atoms with E-state index in [1.54, 1.807) is 24.3 Å². The van der Waals surface area contributed by atoms with Gasteiger partial charge in [0.05, 0.1) is 17.1 Å². The van der Waals surface area contributed by atoms with Gasteiger partial charge in [-0.05, 0) is 35.9 Å². The normalized spacial score (nSPS) is 10.4. The molecule has 0 aromatic heterocycles. The van der Waals surface area contributed by atoms with Crippen LogP contribution in [0.4, 0.5) is 17.1 Å².